The molecule has 2 heterocycles. The van der Waals surface area contributed by atoms with E-state index in [1.54, 1.807) is 6.92 Å². The van der Waals surface area contributed by atoms with Crippen LogP contribution in [0.1, 0.15) is 31.9 Å². The standard InChI is InChI=1S/C10H15NO2S2.C4H6O6/c1-3-11-9-6-7(2)15(12,13)10-8(9)4-5-14-10;5-1(3(7)8)2(6)4(9)10/h4-5,7,9,11H,3,6H2,1-2H3;1-2,5-6H,(H,7,8)(H,9,10)/t7-,9-;/m0./s1. The van der Waals surface area contributed by atoms with Crippen molar-refractivity contribution in [3.05, 3.63) is 17.0 Å². The van der Waals surface area contributed by atoms with Gasteiger partial charge in [0.15, 0.2) is 22.0 Å². The lowest BCUT2D eigenvalue weighted by atomic mass is 10.1. The second-order valence-corrected chi connectivity index (χ2v) is 8.91. The van der Waals surface area contributed by atoms with Crippen molar-refractivity contribution in [1.29, 1.82) is 0 Å². The van der Waals surface area contributed by atoms with Crippen LogP contribution < -0.4 is 5.32 Å². The molecule has 0 radical (unpaired) electrons. The normalized spacial score (nSPS) is 23.5. The van der Waals surface area contributed by atoms with Crippen molar-refractivity contribution in [3.63, 3.8) is 0 Å². The van der Waals surface area contributed by atoms with Gasteiger partial charge < -0.3 is 25.7 Å². The fourth-order valence-corrected chi connectivity index (χ4v) is 5.50. The van der Waals surface area contributed by atoms with Crippen molar-refractivity contribution in [1.82, 2.24) is 5.32 Å². The first-order valence-electron chi connectivity index (χ1n) is 7.40. The molecule has 25 heavy (non-hydrogen) atoms. The van der Waals surface area contributed by atoms with E-state index >= 15 is 0 Å². The molecule has 0 amide bonds. The van der Waals surface area contributed by atoms with E-state index in [-0.39, 0.29) is 11.3 Å². The molecule has 142 valence electrons. The minimum atomic E-state index is -3.05. The number of fused-ring (bicyclic) bond motifs is 1. The molecule has 1 aromatic rings. The van der Waals surface area contributed by atoms with Gasteiger partial charge in [-0.3, -0.25) is 0 Å². The van der Waals surface area contributed by atoms with Gasteiger partial charge in [0.1, 0.15) is 4.21 Å². The number of thiophene rings is 1. The van der Waals surface area contributed by atoms with Gasteiger partial charge in [-0.1, -0.05) is 6.92 Å². The number of rotatable bonds is 5. The molecule has 11 heteroatoms. The number of carboxylic acid groups (broad SMARTS) is 2. The summed E-state index contributed by atoms with van der Waals surface area (Å²) < 4.78 is 24.6. The minimum absolute atomic E-state index is 0.203. The van der Waals surface area contributed by atoms with Gasteiger partial charge in [0.2, 0.25) is 0 Å². The van der Waals surface area contributed by atoms with Crippen molar-refractivity contribution < 1.29 is 38.4 Å². The third-order valence-corrected chi connectivity index (χ3v) is 7.36. The second-order valence-electron chi connectivity index (χ2n) is 5.43. The summed E-state index contributed by atoms with van der Waals surface area (Å²) in [5, 5.41) is 37.5. The Bertz CT molecular complexity index is 696. The summed E-state index contributed by atoms with van der Waals surface area (Å²) in [6.07, 6.45) is -3.85. The number of aliphatic carboxylic acids is 2. The molecule has 0 aromatic carbocycles. The summed E-state index contributed by atoms with van der Waals surface area (Å²) in [5.41, 5.74) is 0.958. The van der Waals surface area contributed by atoms with Crippen LogP contribution in [0.4, 0.5) is 0 Å². The molecule has 0 spiro atoms. The Morgan fingerprint density at radius 2 is 1.80 bits per heavy atom. The van der Waals surface area contributed by atoms with Crippen LogP contribution in [0.15, 0.2) is 15.7 Å². The monoisotopic (exact) mass is 395 g/mol. The van der Waals surface area contributed by atoms with E-state index in [1.807, 2.05) is 18.4 Å². The van der Waals surface area contributed by atoms with Gasteiger partial charge in [0, 0.05) is 6.04 Å². The highest BCUT2D eigenvalue weighted by molar-refractivity contribution is 7.94. The van der Waals surface area contributed by atoms with Crippen LogP contribution in [0.5, 0.6) is 0 Å². The summed E-state index contributed by atoms with van der Waals surface area (Å²) in [6, 6.07) is 2.13. The van der Waals surface area contributed by atoms with Crippen LogP contribution in [0.2, 0.25) is 0 Å². The zero-order chi connectivity index (χ0) is 19.4. The molecule has 0 bridgehead atoms. The minimum Gasteiger partial charge on any atom is -0.479 e. The zero-order valence-electron chi connectivity index (χ0n) is 13.6. The summed E-state index contributed by atoms with van der Waals surface area (Å²) in [7, 11) is -3.05. The van der Waals surface area contributed by atoms with Crippen LogP contribution >= 0.6 is 11.3 Å². The Labute approximate surface area is 148 Å². The van der Waals surface area contributed by atoms with E-state index in [1.165, 1.54) is 11.3 Å². The SMILES string of the molecule is CCN[C@H]1C[C@H](C)S(=O)(=O)c2sccc21.O=C(O)C(O)C(O)C(=O)O. The lowest BCUT2D eigenvalue weighted by molar-refractivity contribution is -0.165. The first-order chi connectivity index (χ1) is 11.5. The molecule has 1 aliphatic heterocycles. The molecule has 0 fully saturated rings. The van der Waals surface area contributed by atoms with E-state index in [0.717, 1.165) is 12.1 Å². The first kappa shape index (κ1) is 21.5. The number of nitrogens with one attached hydrogen (secondary N) is 1. The summed E-state index contributed by atoms with van der Waals surface area (Å²) >= 11 is 1.34. The van der Waals surface area contributed by atoms with Gasteiger partial charge in [0.05, 0.1) is 5.25 Å². The zero-order valence-corrected chi connectivity index (χ0v) is 15.2. The maximum Gasteiger partial charge on any atom is 0.335 e. The number of carboxylic acids is 2. The van der Waals surface area contributed by atoms with Gasteiger partial charge in [-0.15, -0.1) is 11.3 Å². The van der Waals surface area contributed by atoms with Gasteiger partial charge in [-0.05, 0) is 36.9 Å². The Balaban J connectivity index is 0.000000275. The summed E-state index contributed by atoms with van der Waals surface area (Å²) in [4.78, 5) is 19.5. The Morgan fingerprint density at radius 3 is 2.24 bits per heavy atom. The fourth-order valence-electron chi connectivity index (χ4n) is 2.27. The number of hydrogen-bond donors (Lipinski definition) is 5. The number of carbonyl (C=O) groups is 2. The Kier molecular flexibility index (Phi) is 7.50. The van der Waals surface area contributed by atoms with Crippen molar-refractivity contribution in [2.45, 2.75) is 48.0 Å². The van der Waals surface area contributed by atoms with Gasteiger partial charge >= 0.3 is 11.9 Å². The molecule has 9 nitrogen and oxygen atoms in total. The maximum atomic E-state index is 12.0. The topological polar surface area (TPSA) is 161 Å². The van der Waals surface area contributed by atoms with Crippen molar-refractivity contribution in [2.75, 3.05) is 6.54 Å². The molecule has 2 rings (SSSR count). The Hall–Kier alpha value is -1.53. The smallest absolute Gasteiger partial charge is 0.335 e. The quantitative estimate of drug-likeness (QED) is 0.456. The molecule has 0 saturated heterocycles. The average molecular weight is 395 g/mol. The maximum absolute atomic E-state index is 12.0. The first-order valence-corrected chi connectivity index (χ1v) is 9.83. The highest BCUT2D eigenvalue weighted by Crippen LogP contribution is 2.39. The molecule has 5 N–H and O–H groups in total. The predicted octanol–water partition coefficient (Wildman–Crippen LogP) is -0.158. The van der Waals surface area contributed by atoms with E-state index in [9.17, 15) is 18.0 Å². The van der Waals surface area contributed by atoms with Gasteiger partial charge in [-0.25, -0.2) is 18.0 Å². The molecular weight excluding hydrogens is 374 g/mol. The predicted molar refractivity (Wildman–Crippen MR) is 89.3 cm³/mol. The van der Waals surface area contributed by atoms with Crippen LogP contribution in [0, 0.1) is 0 Å². The number of aliphatic hydroxyl groups is 2. The summed E-state index contributed by atoms with van der Waals surface area (Å²) in [5.74, 6) is -3.54. The third-order valence-electron chi connectivity index (χ3n) is 3.65. The highest BCUT2D eigenvalue weighted by Gasteiger charge is 2.36. The van der Waals surface area contributed by atoms with E-state index in [4.69, 9.17) is 20.4 Å². The second kappa shape index (κ2) is 8.72. The summed E-state index contributed by atoms with van der Waals surface area (Å²) in [6.45, 7) is 4.70. The van der Waals surface area contributed by atoms with E-state index in [2.05, 4.69) is 5.32 Å². The van der Waals surface area contributed by atoms with Crippen LogP contribution in [0.3, 0.4) is 0 Å². The molecule has 4 atom stereocenters. The lowest BCUT2D eigenvalue weighted by Gasteiger charge is -2.27. The Morgan fingerprint density at radius 1 is 1.28 bits per heavy atom. The van der Waals surface area contributed by atoms with Crippen LogP contribution in [0.25, 0.3) is 0 Å². The number of aliphatic hydroxyl groups excluding tert-OH is 2. The van der Waals surface area contributed by atoms with Crippen LogP contribution in [-0.4, -0.2) is 64.8 Å². The van der Waals surface area contributed by atoms with Crippen molar-refractivity contribution >= 4 is 33.1 Å². The third kappa shape index (κ3) is 4.98. The molecular formula is C14H21NO8S2. The highest BCUT2D eigenvalue weighted by atomic mass is 32.2. The lowest BCUT2D eigenvalue weighted by Crippen LogP contribution is -2.39. The fraction of sp³-hybridized carbons (Fsp3) is 0.571. The molecule has 0 saturated carbocycles. The van der Waals surface area contributed by atoms with Gasteiger partial charge in [-0.2, -0.15) is 0 Å². The molecule has 1 aromatic heterocycles. The average Bonchev–Trinajstić information content (AvgIpc) is 3.03. The molecule has 0 aliphatic carbocycles. The van der Waals surface area contributed by atoms with Crippen molar-refractivity contribution in [3.8, 4) is 0 Å². The van der Waals surface area contributed by atoms with E-state index in [0.29, 0.717) is 10.6 Å². The van der Waals surface area contributed by atoms with Crippen molar-refractivity contribution in [2.24, 2.45) is 0 Å². The molecule has 2 unspecified atom stereocenters. The number of hydrogen-bond acceptors (Lipinski definition) is 8. The van der Waals surface area contributed by atoms with Gasteiger partial charge in [0.25, 0.3) is 0 Å². The van der Waals surface area contributed by atoms with E-state index < -0.39 is 34.0 Å². The largest absolute Gasteiger partial charge is 0.479 e. The van der Waals surface area contributed by atoms with Crippen LogP contribution in [-0.2, 0) is 19.4 Å². The molecule has 1 aliphatic rings. The number of sulfone groups is 1.